The zero-order valence-corrected chi connectivity index (χ0v) is 22.0. The molecule has 206 valence electrons. The van der Waals surface area contributed by atoms with Crippen molar-refractivity contribution in [3.8, 4) is 17.3 Å². The highest BCUT2D eigenvalue weighted by Gasteiger charge is 2.48. The van der Waals surface area contributed by atoms with Crippen LogP contribution in [0.3, 0.4) is 0 Å². The molecule has 1 fully saturated rings. The van der Waals surface area contributed by atoms with Crippen LogP contribution in [-0.4, -0.2) is 69.6 Å². The van der Waals surface area contributed by atoms with Crippen LogP contribution in [0.1, 0.15) is 18.5 Å². The number of nitrogens with two attached hydrogens (primary N) is 1. The molecule has 14 heteroatoms. The molecule has 1 aromatic carbocycles. The van der Waals surface area contributed by atoms with Crippen molar-refractivity contribution in [1.29, 1.82) is 0 Å². The smallest absolute Gasteiger partial charge is 0.408 e. The predicted molar refractivity (Wildman–Crippen MR) is 138 cm³/mol. The summed E-state index contributed by atoms with van der Waals surface area (Å²) in [5, 5.41) is 8.79. The second-order valence-electron chi connectivity index (χ2n) is 8.66. The van der Waals surface area contributed by atoms with Gasteiger partial charge in [0.1, 0.15) is 11.7 Å². The van der Waals surface area contributed by atoms with Gasteiger partial charge >= 0.3 is 6.18 Å². The van der Waals surface area contributed by atoms with Gasteiger partial charge in [-0.25, -0.2) is 9.37 Å². The minimum Gasteiger partial charge on any atom is -0.491 e. The van der Waals surface area contributed by atoms with E-state index >= 15 is 0 Å². The topological polar surface area (TPSA) is 90.8 Å². The molecule has 3 atom stereocenters. The summed E-state index contributed by atoms with van der Waals surface area (Å²) in [5.74, 6) is -0.189. The highest BCUT2D eigenvalue weighted by Crippen LogP contribution is 2.40. The summed E-state index contributed by atoms with van der Waals surface area (Å²) in [5.41, 5.74) is 7.19. The summed E-state index contributed by atoms with van der Waals surface area (Å²) in [7, 11) is 1.44. The third-order valence-electron chi connectivity index (χ3n) is 6.33. The fourth-order valence-corrected chi connectivity index (χ4v) is 4.65. The third-order valence-corrected chi connectivity index (χ3v) is 6.33. The lowest BCUT2D eigenvalue weighted by molar-refractivity contribution is -0.184. The molecule has 3 aromatic heterocycles. The van der Waals surface area contributed by atoms with E-state index in [0.29, 0.717) is 22.2 Å². The molecule has 0 saturated carbocycles. The molecule has 4 heterocycles. The maximum Gasteiger partial charge on any atom is 0.408 e. The molecular formula is C24H26Cl2F4N6O2. The van der Waals surface area contributed by atoms with Gasteiger partial charge in [-0.1, -0.05) is 12.1 Å². The molecule has 1 aliphatic rings. The van der Waals surface area contributed by atoms with Crippen LogP contribution in [0, 0.1) is 5.82 Å². The van der Waals surface area contributed by atoms with Crippen molar-refractivity contribution >= 4 is 41.4 Å². The molecule has 5 rings (SSSR count). The Kier molecular flexibility index (Phi) is 9.04. The summed E-state index contributed by atoms with van der Waals surface area (Å²) >= 11 is 0. The Labute approximate surface area is 227 Å². The quantitative estimate of drug-likeness (QED) is 0.336. The van der Waals surface area contributed by atoms with Crippen molar-refractivity contribution in [3.63, 3.8) is 0 Å². The van der Waals surface area contributed by atoms with Gasteiger partial charge in [-0.05, 0) is 30.7 Å². The average molecular weight is 577 g/mol. The van der Waals surface area contributed by atoms with Gasteiger partial charge in [0.25, 0.3) is 0 Å². The molecule has 0 aliphatic carbocycles. The molecule has 0 radical (unpaired) electrons. The second kappa shape index (κ2) is 11.5. The largest absolute Gasteiger partial charge is 0.491 e. The van der Waals surface area contributed by atoms with E-state index in [1.807, 2.05) is 0 Å². The zero-order valence-electron chi connectivity index (χ0n) is 20.4. The van der Waals surface area contributed by atoms with E-state index < -0.39 is 30.2 Å². The molecule has 8 nitrogen and oxygen atoms in total. The number of halogens is 6. The van der Waals surface area contributed by atoms with Gasteiger partial charge in [-0.2, -0.15) is 13.2 Å². The van der Waals surface area contributed by atoms with Crippen LogP contribution < -0.4 is 10.5 Å². The van der Waals surface area contributed by atoms with E-state index in [4.69, 9.17) is 15.2 Å². The Balaban J connectivity index is 0.00000200. The lowest BCUT2D eigenvalue weighted by Crippen LogP contribution is -2.38. The summed E-state index contributed by atoms with van der Waals surface area (Å²) in [4.78, 5) is 5.83. The molecule has 0 amide bonds. The van der Waals surface area contributed by atoms with Gasteiger partial charge < -0.3 is 15.2 Å². The van der Waals surface area contributed by atoms with Crippen molar-refractivity contribution in [2.75, 3.05) is 26.8 Å². The Morgan fingerprint density at radius 2 is 1.87 bits per heavy atom. The summed E-state index contributed by atoms with van der Waals surface area (Å²) < 4.78 is 69.0. The molecular weight excluding hydrogens is 551 g/mol. The molecule has 0 bridgehead atoms. The van der Waals surface area contributed by atoms with Crippen molar-refractivity contribution in [1.82, 2.24) is 24.5 Å². The molecule has 0 unspecified atom stereocenters. The van der Waals surface area contributed by atoms with Crippen LogP contribution in [0.15, 0.2) is 42.6 Å². The van der Waals surface area contributed by atoms with Gasteiger partial charge in [0, 0.05) is 43.9 Å². The molecule has 1 saturated heterocycles. The van der Waals surface area contributed by atoms with Gasteiger partial charge in [0.05, 0.1) is 18.2 Å². The number of aromatic nitrogens is 4. The maximum atomic E-state index is 14.3. The molecule has 2 N–H and O–H groups in total. The van der Waals surface area contributed by atoms with Gasteiger partial charge in [-0.15, -0.1) is 35.0 Å². The minimum absolute atomic E-state index is 0. The summed E-state index contributed by atoms with van der Waals surface area (Å²) in [6.45, 7) is 2.13. The van der Waals surface area contributed by atoms with Crippen LogP contribution in [0.25, 0.3) is 28.1 Å². The van der Waals surface area contributed by atoms with E-state index in [1.165, 1.54) is 46.9 Å². The molecule has 1 aliphatic heterocycles. The van der Waals surface area contributed by atoms with Crippen molar-refractivity contribution < 1.29 is 27.0 Å². The minimum atomic E-state index is -4.55. The van der Waals surface area contributed by atoms with Crippen molar-refractivity contribution in [3.05, 3.63) is 54.0 Å². The van der Waals surface area contributed by atoms with Crippen molar-refractivity contribution in [2.45, 2.75) is 31.3 Å². The van der Waals surface area contributed by atoms with Crippen LogP contribution in [-0.2, 0) is 4.74 Å². The Morgan fingerprint density at radius 3 is 2.53 bits per heavy atom. The summed E-state index contributed by atoms with van der Waals surface area (Å²) in [6, 6.07) is 6.55. The predicted octanol–water partition coefficient (Wildman–Crippen LogP) is 4.59. The Bertz CT molecular complexity index is 1420. The molecule has 4 aromatic rings. The first-order chi connectivity index (χ1) is 17.2. The maximum absolute atomic E-state index is 14.3. The Hall–Kier alpha value is -2.77. The highest BCUT2D eigenvalue weighted by atomic mass is 35.5. The number of fused-ring (bicyclic) bond motifs is 2. The molecule has 38 heavy (non-hydrogen) atoms. The average Bonchev–Trinajstić information content (AvgIpc) is 3.41. The Morgan fingerprint density at radius 1 is 1.11 bits per heavy atom. The standard InChI is InChI=1S/C24H24F4N6O2.2ClH/c1-3-36-19-9-18-13(8-15(19)25)4-6-17(30-18)23-32-31-21-7-5-14(10-34(21)23)22(24(26,27)28)33-11-16(29)20(12-33)35-2;;/h4-10,16,20,22H,3,11-12,29H2,1-2H3;2*1H/t16-,20-,22-;;/m1../s1. The fourth-order valence-electron chi connectivity index (χ4n) is 4.65. The number of benzene rings is 1. The first kappa shape index (κ1) is 29.8. The first-order valence-electron chi connectivity index (χ1n) is 11.4. The number of nitrogens with zero attached hydrogens (tertiary/aromatic N) is 5. The van der Waals surface area contributed by atoms with Crippen LogP contribution in [0.4, 0.5) is 17.6 Å². The number of rotatable bonds is 6. The highest BCUT2D eigenvalue weighted by molar-refractivity contribution is 5.85. The van der Waals surface area contributed by atoms with Crippen LogP contribution in [0.2, 0.25) is 0 Å². The first-order valence-corrected chi connectivity index (χ1v) is 11.4. The fraction of sp³-hybridized carbons (Fsp3) is 0.375. The van der Waals surface area contributed by atoms with Crippen LogP contribution in [0.5, 0.6) is 5.75 Å². The molecule has 0 spiro atoms. The summed E-state index contributed by atoms with van der Waals surface area (Å²) in [6.07, 6.45) is -3.67. The monoisotopic (exact) mass is 576 g/mol. The SMILES string of the molecule is CCOc1cc2nc(-c3nnc4ccc([C@@H](N5C[C@@H](N)[C@H](OC)C5)C(F)(F)F)cn34)ccc2cc1F.Cl.Cl. The number of likely N-dealkylation sites (tertiary alicyclic amines) is 1. The normalized spacial score (nSPS) is 18.8. The zero-order chi connectivity index (χ0) is 25.6. The van der Waals surface area contributed by atoms with Gasteiger partial charge in [0.2, 0.25) is 0 Å². The van der Waals surface area contributed by atoms with Gasteiger partial charge in [0.15, 0.2) is 23.0 Å². The third kappa shape index (κ3) is 5.50. The lowest BCUT2D eigenvalue weighted by Gasteiger charge is -2.30. The van der Waals surface area contributed by atoms with Gasteiger partial charge in [-0.3, -0.25) is 9.30 Å². The van der Waals surface area contributed by atoms with E-state index in [-0.39, 0.29) is 61.6 Å². The van der Waals surface area contributed by atoms with E-state index in [1.54, 1.807) is 19.1 Å². The number of methoxy groups -OCH3 is 1. The number of ether oxygens (including phenoxy) is 2. The van der Waals surface area contributed by atoms with E-state index in [9.17, 15) is 17.6 Å². The van der Waals surface area contributed by atoms with E-state index in [0.717, 1.165) is 0 Å². The van der Waals surface area contributed by atoms with Crippen LogP contribution >= 0.6 is 24.8 Å². The number of alkyl halides is 3. The number of pyridine rings is 2. The van der Waals surface area contributed by atoms with E-state index in [2.05, 4.69) is 15.2 Å². The lowest BCUT2D eigenvalue weighted by atomic mass is 10.1. The second-order valence-corrected chi connectivity index (χ2v) is 8.66. The number of hydrogen-bond donors (Lipinski definition) is 1. The number of hydrogen-bond acceptors (Lipinski definition) is 7. The van der Waals surface area contributed by atoms with Crippen molar-refractivity contribution in [2.24, 2.45) is 5.73 Å².